The van der Waals surface area contributed by atoms with Crippen molar-refractivity contribution in [3.8, 4) is 6.07 Å². The molecular formula is C12H10ClN5S. The highest BCUT2D eigenvalue weighted by atomic mass is 35.5. The molecule has 3 rings (SSSR count). The first-order valence-corrected chi connectivity index (χ1v) is 6.92. The average Bonchev–Trinajstić information content (AvgIpc) is 2.78. The van der Waals surface area contributed by atoms with Crippen molar-refractivity contribution in [1.29, 1.82) is 5.26 Å². The first-order valence-electron chi connectivity index (χ1n) is 5.73. The van der Waals surface area contributed by atoms with Crippen LogP contribution in [0.15, 0.2) is 12.1 Å². The summed E-state index contributed by atoms with van der Waals surface area (Å²) in [5.74, 6) is 0.763. The lowest BCUT2D eigenvalue weighted by atomic mass is 10.2. The van der Waals surface area contributed by atoms with Crippen LogP contribution in [0.3, 0.4) is 0 Å². The van der Waals surface area contributed by atoms with Gasteiger partial charge in [0.1, 0.15) is 11.9 Å². The molecule has 96 valence electrons. The quantitative estimate of drug-likeness (QED) is 0.871. The Labute approximate surface area is 119 Å². The zero-order valence-electron chi connectivity index (χ0n) is 9.93. The molecule has 5 nitrogen and oxygen atoms in total. The van der Waals surface area contributed by atoms with Crippen molar-refractivity contribution in [3.63, 3.8) is 0 Å². The Balaban J connectivity index is 1.91. The third kappa shape index (κ3) is 2.23. The van der Waals surface area contributed by atoms with Crippen LogP contribution in [0, 0.1) is 11.3 Å². The summed E-state index contributed by atoms with van der Waals surface area (Å²) in [5.41, 5.74) is 7.06. The fourth-order valence-electron chi connectivity index (χ4n) is 2.10. The smallest absolute Gasteiger partial charge is 0.180 e. The summed E-state index contributed by atoms with van der Waals surface area (Å²) >= 11 is 7.40. The third-order valence-electron chi connectivity index (χ3n) is 3.01. The van der Waals surface area contributed by atoms with Gasteiger partial charge in [-0.2, -0.15) is 5.26 Å². The topological polar surface area (TPSA) is 78.8 Å². The number of nitriles is 1. The number of halogens is 1. The molecule has 2 aromatic heterocycles. The van der Waals surface area contributed by atoms with E-state index in [0.717, 1.165) is 31.0 Å². The molecule has 0 aliphatic carbocycles. The van der Waals surface area contributed by atoms with Gasteiger partial charge >= 0.3 is 0 Å². The summed E-state index contributed by atoms with van der Waals surface area (Å²) in [4.78, 5) is 11.9. The molecule has 0 unspecified atom stereocenters. The predicted molar refractivity (Wildman–Crippen MR) is 75.2 cm³/mol. The van der Waals surface area contributed by atoms with E-state index >= 15 is 0 Å². The van der Waals surface area contributed by atoms with Crippen LogP contribution in [-0.4, -0.2) is 16.5 Å². The Hall–Kier alpha value is -1.84. The second kappa shape index (κ2) is 4.68. The van der Waals surface area contributed by atoms with Crippen LogP contribution in [0.4, 0.5) is 10.9 Å². The van der Waals surface area contributed by atoms with Crippen molar-refractivity contribution in [2.24, 2.45) is 0 Å². The highest BCUT2D eigenvalue weighted by Gasteiger charge is 2.21. The van der Waals surface area contributed by atoms with Gasteiger partial charge in [0, 0.05) is 17.8 Å². The maximum Gasteiger partial charge on any atom is 0.180 e. The van der Waals surface area contributed by atoms with Crippen LogP contribution < -0.4 is 10.6 Å². The standard InChI is InChI=1S/C12H10ClN5S/c13-7-1-2-11(16-9(7)5-14)18-4-3-8-10(6-18)19-12(15)17-8/h1-2H,3-4,6H2,(H2,15,17). The molecule has 0 saturated heterocycles. The van der Waals surface area contributed by atoms with E-state index in [2.05, 4.69) is 14.9 Å². The lowest BCUT2D eigenvalue weighted by Gasteiger charge is -2.27. The van der Waals surface area contributed by atoms with Crippen LogP contribution in [0.5, 0.6) is 0 Å². The number of anilines is 2. The summed E-state index contributed by atoms with van der Waals surface area (Å²) < 4.78 is 0. The molecular weight excluding hydrogens is 282 g/mol. The Kier molecular flexibility index (Phi) is 3.01. The maximum absolute atomic E-state index is 8.96. The van der Waals surface area contributed by atoms with Crippen LogP contribution in [0.1, 0.15) is 16.3 Å². The van der Waals surface area contributed by atoms with E-state index in [1.165, 1.54) is 16.2 Å². The molecule has 0 spiro atoms. The summed E-state index contributed by atoms with van der Waals surface area (Å²) in [5, 5.41) is 9.95. The minimum Gasteiger partial charge on any atom is -0.375 e. The Morgan fingerprint density at radius 2 is 2.26 bits per heavy atom. The van der Waals surface area contributed by atoms with Gasteiger partial charge in [0.25, 0.3) is 0 Å². The fraction of sp³-hybridized carbons (Fsp3) is 0.250. The largest absolute Gasteiger partial charge is 0.375 e. The number of nitrogens with zero attached hydrogens (tertiary/aromatic N) is 4. The molecule has 0 aromatic carbocycles. The van der Waals surface area contributed by atoms with E-state index in [1.54, 1.807) is 6.07 Å². The maximum atomic E-state index is 8.96. The highest BCUT2D eigenvalue weighted by molar-refractivity contribution is 7.15. The molecule has 0 saturated carbocycles. The number of thiazole rings is 1. The SMILES string of the molecule is N#Cc1nc(N2CCc3nc(N)sc3C2)ccc1Cl. The lowest BCUT2D eigenvalue weighted by molar-refractivity contribution is 0.718. The van der Waals surface area contributed by atoms with Gasteiger partial charge in [-0.15, -0.1) is 11.3 Å². The first kappa shape index (κ1) is 12.2. The summed E-state index contributed by atoms with van der Waals surface area (Å²) in [6, 6.07) is 5.54. The summed E-state index contributed by atoms with van der Waals surface area (Å²) in [6.07, 6.45) is 0.842. The first-order chi connectivity index (χ1) is 9.17. The molecule has 3 heterocycles. The van der Waals surface area contributed by atoms with Gasteiger partial charge in [-0.3, -0.25) is 0 Å². The molecule has 0 fully saturated rings. The number of hydrogen-bond donors (Lipinski definition) is 1. The number of aromatic nitrogens is 2. The number of pyridine rings is 1. The van der Waals surface area contributed by atoms with Crippen LogP contribution in [-0.2, 0) is 13.0 Å². The van der Waals surface area contributed by atoms with Gasteiger partial charge in [0.15, 0.2) is 10.8 Å². The van der Waals surface area contributed by atoms with Crippen molar-refractivity contribution in [3.05, 3.63) is 33.4 Å². The Morgan fingerprint density at radius 1 is 1.42 bits per heavy atom. The predicted octanol–water partition coefficient (Wildman–Crippen LogP) is 2.21. The monoisotopic (exact) mass is 291 g/mol. The van der Waals surface area contributed by atoms with Crippen molar-refractivity contribution in [1.82, 2.24) is 9.97 Å². The number of rotatable bonds is 1. The van der Waals surface area contributed by atoms with Crippen molar-refractivity contribution in [2.45, 2.75) is 13.0 Å². The van der Waals surface area contributed by atoms with Gasteiger partial charge in [-0.25, -0.2) is 9.97 Å². The normalized spacial score (nSPS) is 14.0. The zero-order chi connectivity index (χ0) is 13.4. The molecule has 0 bridgehead atoms. The van der Waals surface area contributed by atoms with Crippen LogP contribution in [0.25, 0.3) is 0 Å². The molecule has 7 heteroatoms. The zero-order valence-corrected chi connectivity index (χ0v) is 11.5. The van der Waals surface area contributed by atoms with Crippen LogP contribution in [0.2, 0.25) is 5.02 Å². The molecule has 19 heavy (non-hydrogen) atoms. The van der Waals surface area contributed by atoms with Crippen molar-refractivity contribution in [2.75, 3.05) is 17.2 Å². The lowest BCUT2D eigenvalue weighted by Crippen LogP contribution is -2.30. The number of hydrogen-bond acceptors (Lipinski definition) is 6. The number of nitrogen functional groups attached to an aromatic ring is 1. The second-order valence-electron chi connectivity index (χ2n) is 4.21. The van der Waals surface area contributed by atoms with Gasteiger partial charge in [-0.05, 0) is 12.1 Å². The van der Waals surface area contributed by atoms with Gasteiger partial charge in [-0.1, -0.05) is 11.6 Å². The van der Waals surface area contributed by atoms with Gasteiger partial charge in [0.05, 0.1) is 17.3 Å². The van der Waals surface area contributed by atoms with Gasteiger partial charge < -0.3 is 10.6 Å². The fourth-order valence-corrected chi connectivity index (χ4v) is 3.14. The van der Waals surface area contributed by atoms with Gasteiger partial charge in [0.2, 0.25) is 0 Å². The number of fused-ring (bicyclic) bond motifs is 1. The van der Waals surface area contributed by atoms with E-state index in [1.807, 2.05) is 12.1 Å². The van der Waals surface area contributed by atoms with E-state index in [0.29, 0.717) is 10.2 Å². The molecule has 1 aliphatic rings. The van der Waals surface area contributed by atoms with E-state index in [9.17, 15) is 0 Å². The molecule has 0 radical (unpaired) electrons. The summed E-state index contributed by atoms with van der Waals surface area (Å²) in [6.45, 7) is 1.54. The molecule has 2 N–H and O–H groups in total. The van der Waals surface area contributed by atoms with Crippen molar-refractivity contribution >= 4 is 33.9 Å². The highest BCUT2D eigenvalue weighted by Crippen LogP contribution is 2.29. The van der Waals surface area contributed by atoms with Crippen molar-refractivity contribution < 1.29 is 0 Å². The van der Waals surface area contributed by atoms with E-state index < -0.39 is 0 Å². The minimum atomic E-state index is 0.258. The summed E-state index contributed by atoms with van der Waals surface area (Å²) in [7, 11) is 0. The second-order valence-corrected chi connectivity index (χ2v) is 5.73. The third-order valence-corrected chi connectivity index (χ3v) is 4.23. The van der Waals surface area contributed by atoms with Crippen LogP contribution >= 0.6 is 22.9 Å². The molecule has 0 amide bonds. The minimum absolute atomic E-state index is 0.258. The average molecular weight is 292 g/mol. The number of nitrogens with two attached hydrogens (primary N) is 1. The molecule has 1 aliphatic heterocycles. The Morgan fingerprint density at radius 3 is 3.05 bits per heavy atom. The Bertz CT molecular complexity index is 675. The van der Waals surface area contributed by atoms with E-state index in [4.69, 9.17) is 22.6 Å². The molecule has 2 aromatic rings. The molecule has 0 atom stereocenters. The van der Waals surface area contributed by atoms with E-state index in [-0.39, 0.29) is 5.69 Å².